The van der Waals surface area contributed by atoms with E-state index in [1.807, 2.05) is 6.07 Å². The first kappa shape index (κ1) is 16.4. The fourth-order valence-electron chi connectivity index (χ4n) is 4.36. The van der Waals surface area contributed by atoms with Crippen molar-refractivity contribution >= 4 is 5.91 Å². The Bertz CT molecular complexity index is 546. The molecule has 3 nitrogen and oxygen atoms in total. The molecule has 2 fully saturated rings. The van der Waals surface area contributed by atoms with Gasteiger partial charge in [0, 0.05) is 38.0 Å². The highest BCUT2D eigenvalue weighted by Crippen LogP contribution is 2.42. The molecule has 0 aromatic heterocycles. The summed E-state index contributed by atoms with van der Waals surface area (Å²) >= 11 is 0. The highest BCUT2D eigenvalue weighted by molar-refractivity contribution is 5.73. The van der Waals surface area contributed by atoms with Gasteiger partial charge in [0.15, 0.2) is 0 Å². The zero-order valence-corrected chi connectivity index (χ0v) is 14.0. The molecule has 0 spiro atoms. The van der Waals surface area contributed by atoms with E-state index in [1.54, 1.807) is 13.0 Å². The molecule has 1 aromatic rings. The molecular weight excluding hydrogens is 291 g/mol. The minimum Gasteiger partial charge on any atom is -0.354 e. The first-order chi connectivity index (χ1) is 11.1. The van der Waals surface area contributed by atoms with Crippen molar-refractivity contribution in [2.24, 2.45) is 0 Å². The molecule has 1 saturated heterocycles. The van der Waals surface area contributed by atoms with E-state index in [-0.39, 0.29) is 17.1 Å². The Morgan fingerprint density at radius 3 is 2.61 bits per heavy atom. The maximum Gasteiger partial charge on any atom is 0.217 e. The third-order valence-corrected chi connectivity index (χ3v) is 5.52. The van der Waals surface area contributed by atoms with Gasteiger partial charge in [-0.1, -0.05) is 25.0 Å². The monoisotopic (exact) mass is 318 g/mol. The zero-order valence-electron chi connectivity index (χ0n) is 14.0. The largest absolute Gasteiger partial charge is 0.354 e. The molecule has 23 heavy (non-hydrogen) atoms. The lowest BCUT2D eigenvalue weighted by atomic mass is 9.78. The number of piperidine rings is 1. The lowest BCUT2D eigenvalue weighted by molar-refractivity contribution is -0.120. The smallest absolute Gasteiger partial charge is 0.217 e. The molecule has 1 aliphatic carbocycles. The number of benzene rings is 1. The van der Waals surface area contributed by atoms with Gasteiger partial charge in [0.2, 0.25) is 5.91 Å². The van der Waals surface area contributed by atoms with Crippen LogP contribution in [0.5, 0.6) is 0 Å². The molecule has 1 aromatic carbocycles. The average Bonchev–Trinajstić information content (AvgIpc) is 2.99. The molecule has 0 radical (unpaired) electrons. The second kappa shape index (κ2) is 7.00. The molecule has 2 aliphatic rings. The van der Waals surface area contributed by atoms with E-state index in [4.69, 9.17) is 0 Å². The summed E-state index contributed by atoms with van der Waals surface area (Å²) in [6, 6.07) is 7.52. The summed E-state index contributed by atoms with van der Waals surface area (Å²) in [4.78, 5) is 13.7. The van der Waals surface area contributed by atoms with E-state index in [0.29, 0.717) is 6.04 Å². The summed E-state index contributed by atoms with van der Waals surface area (Å²) < 4.78 is 13.7. The number of carbonyl (C=O) groups is 1. The second-order valence-corrected chi connectivity index (χ2v) is 7.25. The van der Waals surface area contributed by atoms with E-state index in [2.05, 4.69) is 16.3 Å². The summed E-state index contributed by atoms with van der Waals surface area (Å²) in [5.74, 6) is -0.0615. The number of nitrogens with zero attached hydrogens (tertiary/aromatic N) is 1. The summed E-state index contributed by atoms with van der Waals surface area (Å²) in [5, 5.41) is 3.03. The Balaban J connectivity index is 1.66. The molecule has 1 aliphatic heterocycles. The minimum atomic E-state index is -0.127. The fourth-order valence-corrected chi connectivity index (χ4v) is 4.36. The van der Waals surface area contributed by atoms with Crippen LogP contribution in [0.2, 0.25) is 0 Å². The number of carbonyl (C=O) groups excluding carboxylic acids is 1. The predicted molar refractivity (Wildman–Crippen MR) is 89.8 cm³/mol. The average molecular weight is 318 g/mol. The predicted octanol–water partition coefficient (Wildman–Crippen LogP) is 3.24. The molecule has 1 saturated carbocycles. The summed E-state index contributed by atoms with van der Waals surface area (Å²) in [6.45, 7) is 4.64. The van der Waals surface area contributed by atoms with Crippen LogP contribution in [0.25, 0.3) is 0 Å². The number of hydrogen-bond acceptors (Lipinski definition) is 2. The van der Waals surface area contributed by atoms with Crippen LogP contribution < -0.4 is 5.32 Å². The third-order valence-electron chi connectivity index (χ3n) is 5.52. The maximum atomic E-state index is 13.7. The van der Waals surface area contributed by atoms with Crippen molar-refractivity contribution in [2.75, 3.05) is 19.6 Å². The Labute approximate surface area is 138 Å². The van der Waals surface area contributed by atoms with Gasteiger partial charge in [0.1, 0.15) is 5.82 Å². The number of nitrogens with one attached hydrogen (secondary N) is 1. The highest BCUT2D eigenvalue weighted by Gasteiger charge is 2.38. The molecule has 3 rings (SSSR count). The van der Waals surface area contributed by atoms with Crippen molar-refractivity contribution in [3.63, 3.8) is 0 Å². The minimum absolute atomic E-state index is 0.0653. The van der Waals surface area contributed by atoms with E-state index in [0.717, 1.165) is 45.3 Å². The van der Waals surface area contributed by atoms with Crippen molar-refractivity contribution < 1.29 is 9.18 Å². The van der Waals surface area contributed by atoms with Crippen molar-refractivity contribution in [3.8, 4) is 0 Å². The third kappa shape index (κ3) is 3.92. The second-order valence-electron chi connectivity index (χ2n) is 7.25. The van der Waals surface area contributed by atoms with Gasteiger partial charge in [-0.3, -0.25) is 4.79 Å². The van der Waals surface area contributed by atoms with Crippen molar-refractivity contribution in [1.82, 2.24) is 10.2 Å². The standard InChI is InChI=1S/C19H27FN2O/c1-15(23)21-18-7-11-22(12-8-18)14-19(9-2-3-10-19)16-5-4-6-17(20)13-16/h4-6,13,18H,2-3,7-12,14H2,1H3,(H,21,23). The lowest BCUT2D eigenvalue weighted by Gasteiger charge is -2.39. The van der Waals surface area contributed by atoms with Crippen LogP contribution in [0.15, 0.2) is 24.3 Å². The lowest BCUT2D eigenvalue weighted by Crippen LogP contribution is -2.48. The molecule has 0 atom stereocenters. The molecule has 126 valence electrons. The van der Waals surface area contributed by atoms with Gasteiger partial charge >= 0.3 is 0 Å². The molecule has 0 bridgehead atoms. The molecule has 4 heteroatoms. The number of hydrogen-bond donors (Lipinski definition) is 1. The Kier molecular flexibility index (Phi) is 5.00. The maximum absolute atomic E-state index is 13.7. The molecule has 1 N–H and O–H groups in total. The number of rotatable bonds is 4. The molecular formula is C19H27FN2O. The van der Waals surface area contributed by atoms with Gasteiger partial charge in [-0.05, 0) is 43.4 Å². The number of halogens is 1. The van der Waals surface area contributed by atoms with Crippen molar-refractivity contribution in [2.45, 2.75) is 56.9 Å². The normalized spacial score (nSPS) is 22.2. The summed E-state index contributed by atoms with van der Waals surface area (Å²) in [7, 11) is 0. The molecule has 1 heterocycles. The van der Waals surface area contributed by atoms with E-state index in [1.165, 1.54) is 24.5 Å². The van der Waals surface area contributed by atoms with Gasteiger partial charge < -0.3 is 10.2 Å². The van der Waals surface area contributed by atoms with Gasteiger partial charge in [-0.2, -0.15) is 0 Å². The topological polar surface area (TPSA) is 32.3 Å². The van der Waals surface area contributed by atoms with Crippen LogP contribution in [0, 0.1) is 5.82 Å². The van der Waals surface area contributed by atoms with E-state index < -0.39 is 0 Å². The van der Waals surface area contributed by atoms with Gasteiger partial charge in [0.25, 0.3) is 0 Å². The summed E-state index contributed by atoms with van der Waals surface area (Å²) in [6.07, 6.45) is 6.81. The van der Waals surface area contributed by atoms with Crippen LogP contribution in [-0.2, 0) is 10.2 Å². The number of likely N-dealkylation sites (tertiary alicyclic amines) is 1. The van der Waals surface area contributed by atoms with Crippen LogP contribution in [0.1, 0.15) is 51.0 Å². The van der Waals surface area contributed by atoms with Crippen LogP contribution in [0.4, 0.5) is 4.39 Å². The Hall–Kier alpha value is -1.42. The number of amides is 1. The highest BCUT2D eigenvalue weighted by atomic mass is 19.1. The molecule has 1 amide bonds. The molecule has 0 unspecified atom stereocenters. The first-order valence-electron chi connectivity index (χ1n) is 8.83. The van der Waals surface area contributed by atoms with E-state index in [9.17, 15) is 9.18 Å². The quantitative estimate of drug-likeness (QED) is 0.924. The van der Waals surface area contributed by atoms with Gasteiger partial charge in [-0.25, -0.2) is 4.39 Å². The van der Waals surface area contributed by atoms with E-state index >= 15 is 0 Å². The van der Waals surface area contributed by atoms with Gasteiger partial charge in [-0.15, -0.1) is 0 Å². The first-order valence-corrected chi connectivity index (χ1v) is 8.83. The van der Waals surface area contributed by atoms with Crippen LogP contribution in [-0.4, -0.2) is 36.5 Å². The Morgan fingerprint density at radius 2 is 2.00 bits per heavy atom. The van der Waals surface area contributed by atoms with Crippen LogP contribution in [0.3, 0.4) is 0 Å². The van der Waals surface area contributed by atoms with Crippen LogP contribution >= 0.6 is 0 Å². The van der Waals surface area contributed by atoms with Gasteiger partial charge in [0.05, 0.1) is 0 Å². The van der Waals surface area contributed by atoms with Crippen molar-refractivity contribution in [3.05, 3.63) is 35.6 Å². The van der Waals surface area contributed by atoms with Crippen molar-refractivity contribution in [1.29, 1.82) is 0 Å². The Morgan fingerprint density at radius 1 is 1.30 bits per heavy atom. The summed E-state index contributed by atoms with van der Waals surface area (Å²) in [5.41, 5.74) is 1.28. The SMILES string of the molecule is CC(=O)NC1CCN(CC2(c3cccc(F)c3)CCCC2)CC1. The fraction of sp³-hybridized carbons (Fsp3) is 0.632. The zero-order chi connectivity index (χ0) is 16.3.